The lowest BCUT2D eigenvalue weighted by molar-refractivity contribution is -0.120. The van der Waals surface area contributed by atoms with Crippen molar-refractivity contribution in [2.45, 2.75) is 19.8 Å². The van der Waals surface area contributed by atoms with Gasteiger partial charge in [-0.15, -0.1) is 5.10 Å². The summed E-state index contributed by atoms with van der Waals surface area (Å²) in [6.07, 6.45) is 0. The molecule has 2 heterocycles. The molecular weight excluding hydrogens is 300 g/mol. The monoisotopic (exact) mass is 316 g/mol. The van der Waals surface area contributed by atoms with E-state index in [0.717, 1.165) is 0 Å². The van der Waals surface area contributed by atoms with Gasteiger partial charge in [-0.2, -0.15) is 0 Å². The Morgan fingerprint density at radius 2 is 2.13 bits per heavy atom. The van der Waals surface area contributed by atoms with E-state index in [1.807, 2.05) is 13.8 Å². The normalized spacial score (nSPS) is 13.9. The molecule has 1 aromatic heterocycles. The van der Waals surface area contributed by atoms with Gasteiger partial charge in [-0.05, 0) is 18.1 Å². The topological polar surface area (TPSA) is 97.5 Å². The Kier molecular flexibility index (Phi) is 3.51. The van der Waals surface area contributed by atoms with Crippen molar-refractivity contribution in [1.29, 1.82) is 0 Å². The number of amides is 1. The average molecular weight is 316 g/mol. The summed E-state index contributed by atoms with van der Waals surface area (Å²) in [7, 11) is 1.68. The molecule has 0 atom stereocenters. The molecule has 1 amide bonds. The number of likely N-dealkylation sites (N-methyl/N-ethyl adjacent to an activating group) is 1. The Hall–Kier alpha value is -2.90. The lowest BCUT2D eigenvalue weighted by Gasteiger charge is -2.26. The summed E-state index contributed by atoms with van der Waals surface area (Å²) < 4.78 is 6.95. The van der Waals surface area contributed by atoms with Crippen LogP contribution in [0.5, 0.6) is 5.75 Å². The largest absolute Gasteiger partial charge is 0.481 e. The van der Waals surface area contributed by atoms with Crippen LogP contribution in [-0.2, 0) is 4.79 Å². The first-order chi connectivity index (χ1) is 10.9. The number of carbonyl (C=O) groups is 2. The van der Waals surface area contributed by atoms with Gasteiger partial charge in [-0.3, -0.25) is 4.79 Å². The van der Waals surface area contributed by atoms with Crippen LogP contribution >= 0.6 is 0 Å². The van der Waals surface area contributed by atoms with Gasteiger partial charge in [0.1, 0.15) is 5.75 Å². The zero-order valence-electron chi connectivity index (χ0n) is 13.0. The fourth-order valence-electron chi connectivity index (χ4n) is 2.55. The van der Waals surface area contributed by atoms with Crippen LogP contribution in [-0.4, -0.2) is 45.6 Å². The number of benzene rings is 1. The number of rotatable bonds is 3. The highest BCUT2D eigenvalue weighted by Gasteiger charge is 2.25. The molecule has 120 valence electrons. The van der Waals surface area contributed by atoms with Gasteiger partial charge in [0.2, 0.25) is 0 Å². The molecule has 1 aromatic carbocycles. The number of fused-ring (bicyclic) bond motifs is 1. The molecule has 1 aliphatic rings. The third kappa shape index (κ3) is 2.41. The van der Waals surface area contributed by atoms with E-state index < -0.39 is 5.97 Å². The van der Waals surface area contributed by atoms with Gasteiger partial charge < -0.3 is 14.7 Å². The second-order valence-corrected chi connectivity index (χ2v) is 5.59. The van der Waals surface area contributed by atoms with E-state index in [4.69, 9.17) is 4.74 Å². The number of hydrogen-bond donors (Lipinski definition) is 1. The third-order valence-corrected chi connectivity index (χ3v) is 3.73. The lowest BCUT2D eigenvalue weighted by Crippen LogP contribution is -2.35. The summed E-state index contributed by atoms with van der Waals surface area (Å²) >= 11 is 0. The average Bonchev–Trinajstić information content (AvgIpc) is 2.96. The quantitative estimate of drug-likeness (QED) is 0.920. The van der Waals surface area contributed by atoms with Gasteiger partial charge in [0.25, 0.3) is 5.91 Å². The number of aromatic carboxylic acids is 1. The van der Waals surface area contributed by atoms with Gasteiger partial charge in [0.05, 0.1) is 17.1 Å². The van der Waals surface area contributed by atoms with Crippen LogP contribution in [0.3, 0.4) is 0 Å². The molecule has 2 aromatic rings. The van der Waals surface area contributed by atoms with Gasteiger partial charge in [-0.1, -0.05) is 19.1 Å². The zero-order chi connectivity index (χ0) is 16.7. The third-order valence-electron chi connectivity index (χ3n) is 3.73. The van der Waals surface area contributed by atoms with Crippen LogP contribution in [0, 0.1) is 0 Å². The molecule has 3 rings (SSSR count). The van der Waals surface area contributed by atoms with Gasteiger partial charge in [0.15, 0.2) is 12.3 Å². The van der Waals surface area contributed by atoms with E-state index >= 15 is 0 Å². The van der Waals surface area contributed by atoms with Crippen LogP contribution in [0.25, 0.3) is 5.69 Å². The summed E-state index contributed by atoms with van der Waals surface area (Å²) in [5, 5.41) is 17.0. The molecule has 0 saturated carbocycles. The van der Waals surface area contributed by atoms with E-state index in [9.17, 15) is 14.7 Å². The van der Waals surface area contributed by atoms with Crippen LogP contribution in [0.15, 0.2) is 18.2 Å². The molecule has 1 aliphatic heterocycles. The Balaban J connectivity index is 2.10. The lowest BCUT2D eigenvalue weighted by atomic mass is 10.1. The molecule has 0 fully saturated rings. The molecule has 0 bridgehead atoms. The Morgan fingerprint density at radius 3 is 2.78 bits per heavy atom. The first-order valence-corrected chi connectivity index (χ1v) is 7.12. The van der Waals surface area contributed by atoms with Gasteiger partial charge >= 0.3 is 5.97 Å². The second kappa shape index (κ2) is 5.38. The standard InChI is InChI=1S/C15H16N4O4/c1-8(2)14-13(15(21)22)16-17-19(14)9-4-5-10-11(6-9)23-7-12(20)18(10)3/h4-6,8H,7H2,1-3H3,(H,21,22). The fraction of sp³-hybridized carbons (Fsp3) is 0.333. The Bertz CT molecular complexity index is 797. The molecule has 0 unspecified atom stereocenters. The van der Waals surface area contributed by atoms with E-state index in [-0.39, 0.29) is 24.1 Å². The van der Waals surface area contributed by atoms with Gasteiger partial charge in [0, 0.05) is 13.1 Å². The highest BCUT2D eigenvalue weighted by molar-refractivity contribution is 5.97. The van der Waals surface area contributed by atoms with Crippen molar-refractivity contribution in [3.05, 3.63) is 29.6 Å². The van der Waals surface area contributed by atoms with Crippen molar-refractivity contribution in [2.24, 2.45) is 0 Å². The summed E-state index contributed by atoms with van der Waals surface area (Å²) in [6, 6.07) is 5.22. The van der Waals surface area contributed by atoms with E-state index in [1.165, 1.54) is 9.58 Å². The van der Waals surface area contributed by atoms with E-state index in [0.29, 0.717) is 22.8 Å². The maximum absolute atomic E-state index is 11.6. The predicted molar refractivity (Wildman–Crippen MR) is 81.3 cm³/mol. The van der Waals surface area contributed by atoms with Crippen molar-refractivity contribution in [2.75, 3.05) is 18.6 Å². The molecule has 1 N–H and O–H groups in total. The number of carbonyl (C=O) groups excluding carboxylic acids is 1. The maximum Gasteiger partial charge on any atom is 0.358 e. The van der Waals surface area contributed by atoms with Crippen LogP contribution in [0.2, 0.25) is 0 Å². The molecule has 0 radical (unpaired) electrons. The smallest absolute Gasteiger partial charge is 0.358 e. The SMILES string of the molecule is CC(C)c1c(C(=O)O)nnn1-c1ccc2c(c1)OCC(=O)N2C. The van der Waals surface area contributed by atoms with Crippen molar-refractivity contribution < 1.29 is 19.4 Å². The van der Waals surface area contributed by atoms with Crippen molar-refractivity contribution in [3.63, 3.8) is 0 Å². The molecule has 0 spiro atoms. The zero-order valence-corrected chi connectivity index (χ0v) is 13.0. The van der Waals surface area contributed by atoms with Crippen molar-refractivity contribution in [3.8, 4) is 11.4 Å². The molecule has 0 saturated heterocycles. The summed E-state index contributed by atoms with van der Waals surface area (Å²) in [4.78, 5) is 24.5. The summed E-state index contributed by atoms with van der Waals surface area (Å²) in [5.74, 6) is -0.759. The number of hydrogen-bond acceptors (Lipinski definition) is 5. The number of anilines is 1. The van der Waals surface area contributed by atoms with Crippen LogP contribution in [0.1, 0.15) is 35.9 Å². The molecule has 0 aliphatic carbocycles. The first-order valence-electron chi connectivity index (χ1n) is 7.12. The first kappa shape index (κ1) is 15.0. The van der Waals surface area contributed by atoms with Crippen LogP contribution in [0.4, 0.5) is 5.69 Å². The number of carboxylic acids is 1. The Morgan fingerprint density at radius 1 is 1.39 bits per heavy atom. The molecular formula is C15H16N4O4. The highest BCUT2D eigenvalue weighted by atomic mass is 16.5. The highest BCUT2D eigenvalue weighted by Crippen LogP contribution is 2.34. The number of aromatic nitrogens is 3. The minimum absolute atomic E-state index is 0.0261. The van der Waals surface area contributed by atoms with E-state index in [2.05, 4.69) is 10.3 Å². The minimum Gasteiger partial charge on any atom is -0.481 e. The Labute approximate surface area is 132 Å². The summed E-state index contributed by atoms with van der Waals surface area (Å²) in [6.45, 7) is 3.73. The predicted octanol–water partition coefficient (Wildman–Crippen LogP) is 1.44. The second-order valence-electron chi connectivity index (χ2n) is 5.59. The number of ether oxygens (including phenoxy) is 1. The van der Waals surface area contributed by atoms with Gasteiger partial charge in [-0.25, -0.2) is 9.48 Å². The fourth-order valence-corrected chi connectivity index (χ4v) is 2.55. The van der Waals surface area contributed by atoms with E-state index in [1.54, 1.807) is 25.2 Å². The molecule has 8 heteroatoms. The number of carboxylic acid groups (broad SMARTS) is 1. The maximum atomic E-state index is 11.6. The summed E-state index contributed by atoms with van der Waals surface area (Å²) in [5.41, 5.74) is 1.74. The molecule has 23 heavy (non-hydrogen) atoms. The number of nitrogens with zero attached hydrogens (tertiary/aromatic N) is 4. The molecule has 8 nitrogen and oxygen atoms in total. The van der Waals surface area contributed by atoms with Crippen LogP contribution < -0.4 is 9.64 Å². The van der Waals surface area contributed by atoms with Crippen molar-refractivity contribution in [1.82, 2.24) is 15.0 Å². The minimum atomic E-state index is -1.11. The van der Waals surface area contributed by atoms with Crippen molar-refractivity contribution >= 4 is 17.6 Å².